The highest BCUT2D eigenvalue weighted by atomic mass is 16.1. The topological polar surface area (TPSA) is 65.8 Å². The molecule has 5 heteroatoms. The van der Waals surface area contributed by atoms with E-state index in [1.807, 2.05) is 48.5 Å². The zero-order valence-corrected chi connectivity index (χ0v) is 16.1. The zero-order chi connectivity index (χ0) is 20.1. The van der Waals surface area contributed by atoms with Gasteiger partial charge in [0.15, 0.2) is 0 Å². The molecule has 4 aromatic carbocycles. The van der Waals surface area contributed by atoms with E-state index in [2.05, 4.69) is 32.8 Å². The smallest absolute Gasteiger partial charge is 0.141 e. The van der Waals surface area contributed by atoms with Crippen molar-refractivity contribution in [2.75, 3.05) is 10.6 Å². The molecule has 0 atom stereocenters. The summed E-state index contributed by atoms with van der Waals surface area (Å²) >= 11 is 0. The Kier molecular flexibility index (Phi) is 3.68. The second kappa shape index (κ2) is 6.52. The van der Waals surface area contributed by atoms with E-state index in [1.165, 1.54) is 0 Å². The molecule has 0 radical (unpaired) electrons. The van der Waals surface area contributed by atoms with Crippen LogP contribution in [0.3, 0.4) is 0 Å². The van der Waals surface area contributed by atoms with Crippen molar-refractivity contribution in [1.82, 2.24) is 0 Å². The summed E-state index contributed by atoms with van der Waals surface area (Å²) in [6.07, 6.45) is 4.20. The molecule has 6 rings (SSSR count). The van der Waals surface area contributed by atoms with Crippen LogP contribution in [0, 0.1) is 0 Å². The largest absolute Gasteiger partial charge is 0.346 e. The Morgan fingerprint density at radius 2 is 1.17 bits per heavy atom. The lowest BCUT2D eigenvalue weighted by atomic mass is 9.93. The summed E-state index contributed by atoms with van der Waals surface area (Å²) in [7, 11) is 0. The van der Waals surface area contributed by atoms with E-state index in [4.69, 9.17) is 0 Å². The first-order valence-electron chi connectivity index (χ1n) is 9.97. The van der Waals surface area contributed by atoms with Crippen LogP contribution in [0.5, 0.6) is 0 Å². The van der Waals surface area contributed by atoms with Crippen molar-refractivity contribution in [1.29, 1.82) is 0 Å². The number of hydrogen-bond donors (Lipinski definition) is 2. The lowest BCUT2D eigenvalue weighted by Gasteiger charge is -2.17. The van der Waals surface area contributed by atoms with Crippen molar-refractivity contribution in [3.63, 3.8) is 0 Å². The fourth-order valence-electron chi connectivity index (χ4n) is 4.49. The number of Topliss-reactive ketones (excluding diaryl/α,β-unsaturated/α-hetero) is 1. The Balaban J connectivity index is 1.36. The minimum atomic E-state index is 0.191. The summed E-state index contributed by atoms with van der Waals surface area (Å²) in [6.45, 7) is 0. The number of benzene rings is 4. The van der Waals surface area contributed by atoms with E-state index >= 15 is 0 Å². The fraction of sp³-hybridized carbons (Fsp3) is 0.0800. The number of nitrogens with one attached hydrogen (secondary N) is 2. The summed E-state index contributed by atoms with van der Waals surface area (Å²) in [6, 6.07) is 20.3. The lowest BCUT2D eigenvalue weighted by Crippen LogP contribution is -2.09. The quantitative estimate of drug-likeness (QED) is 0.482. The third kappa shape index (κ3) is 2.59. The van der Waals surface area contributed by atoms with Crippen LogP contribution in [0.25, 0.3) is 21.5 Å². The highest BCUT2D eigenvalue weighted by Crippen LogP contribution is 2.38. The summed E-state index contributed by atoms with van der Waals surface area (Å²) < 4.78 is 0. The van der Waals surface area contributed by atoms with Gasteiger partial charge in [-0.1, -0.05) is 36.4 Å². The number of aliphatic imine (C=N–C) groups is 2. The second-order valence-electron chi connectivity index (χ2n) is 7.64. The number of rotatable bonds is 4. The van der Waals surface area contributed by atoms with Crippen molar-refractivity contribution >= 4 is 62.8 Å². The average molecular weight is 390 g/mol. The number of carbonyl (C=O) groups excluding carboxylic acids is 1. The molecular formula is C25H18N4O. The minimum Gasteiger partial charge on any atom is -0.346 e. The standard InChI is InChI=1S/C25H18N4O/c30-17(11-15-7-9-22-24-18(15)3-1-5-20(24)26-13-28-22)12-16-8-10-23-25-19(16)4-2-6-21(25)27-14-29-23/h1-10,13-14H,11-12H2,(H,26,28)(H,27,29). The molecule has 4 aromatic rings. The first kappa shape index (κ1) is 16.9. The van der Waals surface area contributed by atoms with Crippen molar-refractivity contribution in [3.8, 4) is 0 Å². The van der Waals surface area contributed by atoms with Gasteiger partial charge in [0, 0.05) is 35.0 Å². The van der Waals surface area contributed by atoms with Crippen molar-refractivity contribution < 1.29 is 4.79 Å². The summed E-state index contributed by atoms with van der Waals surface area (Å²) in [4.78, 5) is 21.9. The molecule has 0 unspecified atom stereocenters. The molecule has 2 aliphatic rings. The van der Waals surface area contributed by atoms with E-state index in [0.29, 0.717) is 12.8 Å². The second-order valence-corrected chi connectivity index (χ2v) is 7.64. The molecule has 30 heavy (non-hydrogen) atoms. The van der Waals surface area contributed by atoms with Gasteiger partial charge in [0.1, 0.15) is 5.78 Å². The van der Waals surface area contributed by atoms with Crippen molar-refractivity contribution in [2.24, 2.45) is 9.98 Å². The van der Waals surface area contributed by atoms with Crippen LogP contribution in [0.15, 0.2) is 70.6 Å². The predicted octanol–water partition coefficient (Wildman–Crippen LogP) is 5.52. The van der Waals surface area contributed by atoms with Crippen LogP contribution in [0.1, 0.15) is 11.1 Å². The molecule has 0 aliphatic carbocycles. The Bertz CT molecular complexity index is 1310. The third-order valence-corrected chi connectivity index (χ3v) is 5.84. The van der Waals surface area contributed by atoms with E-state index in [-0.39, 0.29) is 5.78 Å². The molecule has 0 saturated carbocycles. The Morgan fingerprint density at radius 3 is 1.67 bits per heavy atom. The highest BCUT2D eigenvalue weighted by Gasteiger charge is 2.17. The number of carbonyl (C=O) groups is 1. The first-order chi connectivity index (χ1) is 14.8. The molecule has 0 saturated heterocycles. The average Bonchev–Trinajstić information content (AvgIpc) is 2.78. The molecule has 0 amide bonds. The fourth-order valence-corrected chi connectivity index (χ4v) is 4.49. The number of hydrogen-bond acceptors (Lipinski definition) is 5. The van der Waals surface area contributed by atoms with E-state index in [0.717, 1.165) is 55.4 Å². The van der Waals surface area contributed by atoms with E-state index in [9.17, 15) is 4.79 Å². The molecule has 2 heterocycles. The monoisotopic (exact) mass is 390 g/mol. The summed E-state index contributed by atoms with van der Waals surface area (Å²) in [5.41, 5.74) is 6.01. The van der Waals surface area contributed by atoms with Crippen LogP contribution in [-0.4, -0.2) is 18.5 Å². The number of ketones is 1. The van der Waals surface area contributed by atoms with Gasteiger partial charge in [-0.25, -0.2) is 9.98 Å². The van der Waals surface area contributed by atoms with Crippen molar-refractivity contribution in [2.45, 2.75) is 12.8 Å². The van der Waals surface area contributed by atoms with Gasteiger partial charge in [0.25, 0.3) is 0 Å². The molecule has 144 valence electrons. The Hall–Kier alpha value is -3.99. The molecule has 2 aliphatic heterocycles. The van der Waals surface area contributed by atoms with Crippen LogP contribution in [-0.2, 0) is 17.6 Å². The highest BCUT2D eigenvalue weighted by molar-refractivity contribution is 6.11. The van der Waals surface area contributed by atoms with Crippen LogP contribution in [0.2, 0.25) is 0 Å². The van der Waals surface area contributed by atoms with Gasteiger partial charge in [0.05, 0.1) is 24.1 Å². The van der Waals surface area contributed by atoms with Gasteiger partial charge in [-0.15, -0.1) is 0 Å². The van der Waals surface area contributed by atoms with E-state index < -0.39 is 0 Å². The minimum absolute atomic E-state index is 0.191. The lowest BCUT2D eigenvalue weighted by molar-refractivity contribution is -0.117. The molecular weight excluding hydrogens is 372 g/mol. The van der Waals surface area contributed by atoms with Crippen LogP contribution in [0.4, 0.5) is 22.7 Å². The number of anilines is 2. The normalized spacial score (nSPS) is 13.3. The summed E-state index contributed by atoms with van der Waals surface area (Å²) in [5, 5.41) is 10.7. The number of nitrogens with zero attached hydrogens (tertiary/aromatic N) is 2. The van der Waals surface area contributed by atoms with Gasteiger partial charge in [-0.05, 0) is 46.2 Å². The maximum atomic E-state index is 13.1. The van der Waals surface area contributed by atoms with Gasteiger partial charge in [0.2, 0.25) is 0 Å². The molecule has 0 aromatic heterocycles. The van der Waals surface area contributed by atoms with Crippen LogP contribution >= 0.6 is 0 Å². The molecule has 0 fully saturated rings. The zero-order valence-electron chi connectivity index (χ0n) is 16.1. The predicted molar refractivity (Wildman–Crippen MR) is 124 cm³/mol. The molecule has 5 nitrogen and oxygen atoms in total. The van der Waals surface area contributed by atoms with E-state index in [1.54, 1.807) is 12.7 Å². The van der Waals surface area contributed by atoms with Gasteiger partial charge < -0.3 is 10.6 Å². The maximum absolute atomic E-state index is 13.1. The first-order valence-corrected chi connectivity index (χ1v) is 9.97. The third-order valence-electron chi connectivity index (χ3n) is 5.84. The molecule has 0 spiro atoms. The van der Waals surface area contributed by atoms with Gasteiger partial charge >= 0.3 is 0 Å². The summed E-state index contributed by atoms with van der Waals surface area (Å²) in [5.74, 6) is 0.191. The maximum Gasteiger partial charge on any atom is 0.141 e. The van der Waals surface area contributed by atoms with Gasteiger partial charge in [-0.2, -0.15) is 0 Å². The molecule has 2 N–H and O–H groups in total. The Morgan fingerprint density at radius 1 is 0.667 bits per heavy atom. The SMILES string of the molecule is O=C(Cc1ccc2c3c(cccc13)NC=N2)Cc1ccc2c3c(cccc13)NC=N2. The van der Waals surface area contributed by atoms with Gasteiger partial charge in [-0.3, -0.25) is 4.79 Å². The Labute approximate surface area is 173 Å². The van der Waals surface area contributed by atoms with Crippen molar-refractivity contribution in [3.05, 3.63) is 71.8 Å². The van der Waals surface area contributed by atoms with Crippen LogP contribution < -0.4 is 10.6 Å². The molecule has 0 bridgehead atoms.